The summed E-state index contributed by atoms with van der Waals surface area (Å²) in [6, 6.07) is 5.36. The first-order chi connectivity index (χ1) is 10.1. The number of rotatable bonds is 1. The van der Waals surface area contributed by atoms with Crippen LogP contribution in [0.25, 0.3) is 10.1 Å². The standard InChI is InChI=1S/C14H14ClN3O2S/c15-8-2-3-9-10(6-8)21-13(12(9)16)14(20)18-5-1-4-17-11(19)7-18/h2-3,6H,1,4-5,7,16H2,(H,17,19). The van der Waals surface area contributed by atoms with E-state index in [9.17, 15) is 9.59 Å². The van der Waals surface area contributed by atoms with E-state index >= 15 is 0 Å². The van der Waals surface area contributed by atoms with Crippen LogP contribution in [0.5, 0.6) is 0 Å². The maximum Gasteiger partial charge on any atom is 0.266 e. The van der Waals surface area contributed by atoms with E-state index in [1.807, 2.05) is 6.07 Å². The fourth-order valence-corrected chi connectivity index (χ4v) is 3.74. The van der Waals surface area contributed by atoms with Crippen molar-refractivity contribution >= 4 is 50.5 Å². The lowest BCUT2D eigenvalue weighted by Gasteiger charge is -2.18. The van der Waals surface area contributed by atoms with Crippen LogP contribution in [0.2, 0.25) is 5.02 Å². The van der Waals surface area contributed by atoms with Gasteiger partial charge in [0, 0.05) is 28.2 Å². The van der Waals surface area contributed by atoms with Gasteiger partial charge >= 0.3 is 0 Å². The van der Waals surface area contributed by atoms with Crippen LogP contribution in [0.15, 0.2) is 18.2 Å². The Morgan fingerprint density at radius 3 is 3.05 bits per heavy atom. The number of carbonyl (C=O) groups excluding carboxylic acids is 2. The normalized spacial score (nSPS) is 15.9. The molecule has 1 aliphatic rings. The molecule has 110 valence electrons. The van der Waals surface area contributed by atoms with Gasteiger partial charge in [0.15, 0.2) is 0 Å². The van der Waals surface area contributed by atoms with Gasteiger partial charge in [-0.25, -0.2) is 0 Å². The van der Waals surface area contributed by atoms with Gasteiger partial charge < -0.3 is 16.0 Å². The molecule has 2 heterocycles. The van der Waals surface area contributed by atoms with Gasteiger partial charge in [-0.2, -0.15) is 0 Å². The Morgan fingerprint density at radius 1 is 1.43 bits per heavy atom. The predicted octanol–water partition coefficient (Wildman–Crippen LogP) is 2.10. The zero-order chi connectivity index (χ0) is 15.0. The molecule has 5 nitrogen and oxygen atoms in total. The summed E-state index contributed by atoms with van der Waals surface area (Å²) >= 11 is 7.28. The Morgan fingerprint density at radius 2 is 2.24 bits per heavy atom. The Kier molecular flexibility index (Phi) is 3.73. The number of nitrogens with zero attached hydrogens (tertiary/aromatic N) is 1. The second kappa shape index (κ2) is 5.54. The molecule has 21 heavy (non-hydrogen) atoms. The van der Waals surface area contributed by atoms with E-state index in [2.05, 4.69) is 5.32 Å². The topological polar surface area (TPSA) is 75.4 Å². The summed E-state index contributed by atoms with van der Waals surface area (Å²) in [5, 5.41) is 4.19. The highest BCUT2D eigenvalue weighted by atomic mass is 35.5. The SMILES string of the molecule is Nc1c(C(=O)N2CCCNC(=O)C2)sc2cc(Cl)ccc12. The van der Waals surface area contributed by atoms with E-state index in [0.717, 1.165) is 16.5 Å². The Hall–Kier alpha value is -1.79. The fourth-order valence-electron chi connectivity index (χ4n) is 2.37. The van der Waals surface area contributed by atoms with Crippen molar-refractivity contribution in [1.82, 2.24) is 10.2 Å². The predicted molar refractivity (Wildman–Crippen MR) is 84.8 cm³/mol. The lowest BCUT2D eigenvalue weighted by molar-refractivity contribution is -0.121. The number of hydrogen-bond acceptors (Lipinski definition) is 4. The average Bonchev–Trinajstić information content (AvgIpc) is 2.63. The lowest BCUT2D eigenvalue weighted by Crippen LogP contribution is -2.37. The maximum atomic E-state index is 12.6. The van der Waals surface area contributed by atoms with Crippen molar-refractivity contribution in [2.24, 2.45) is 0 Å². The monoisotopic (exact) mass is 323 g/mol. The van der Waals surface area contributed by atoms with Crippen molar-refractivity contribution in [3.05, 3.63) is 28.1 Å². The van der Waals surface area contributed by atoms with Gasteiger partial charge in [0.1, 0.15) is 4.88 Å². The molecule has 1 aromatic carbocycles. The van der Waals surface area contributed by atoms with Gasteiger partial charge in [-0.15, -0.1) is 11.3 Å². The molecule has 1 aromatic heterocycles. The second-order valence-electron chi connectivity index (χ2n) is 4.92. The number of hydrogen-bond donors (Lipinski definition) is 2. The van der Waals surface area contributed by atoms with Gasteiger partial charge in [-0.05, 0) is 24.6 Å². The molecular formula is C14H14ClN3O2S. The van der Waals surface area contributed by atoms with E-state index in [0.29, 0.717) is 28.7 Å². The summed E-state index contributed by atoms with van der Waals surface area (Å²) < 4.78 is 0.877. The molecular weight excluding hydrogens is 310 g/mol. The number of thiophene rings is 1. The molecule has 0 unspecified atom stereocenters. The highest BCUT2D eigenvalue weighted by Gasteiger charge is 2.25. The molecule has 1 saturated heterocycles. The van der Waals surface area contributed by atoms with Crippen molar-refractivity contribution in [3.8, 4) is 0 Å². The van der Waals surface area contributed by atoms with E-state index in [1.165, 1.54) is 11.3 Å². The summed E-state index contributed by atoms with van der Waals surface area (Å²) in [4.78, 5) is 26.2. The number of anilines is 1. The number of fused-ring (bicyclic) bond motifs is 1. The van der Waals surface area contributed by atoms with Gasteiger partial charge in [-0.3, -0.25) is 9.59 Å². The summed E-state index contributed by atoms with van der Waals surface area (Å²) in [6.07, 6.45) is 0.744. The van der Waals surface area contributed by atoms with Gasteiger partial charge in [0.25, 0.3) is 5.91 Å². The molecule has 0 atom stereocenters. The van der Waals surface area contributed by atoms with Crippen LogP contribution in [0.3, 0.4) is 0 Å². The number of nitrogens with one attached hydrogen (secondary N) is 1. The summed E-state index contributed by atoms with van der Waals surface area (Å²) in [6.45, 7) is 1.22. The van der Waals surface area contributed by atoms with Gasteiger partial charge in [-0.1, -0.05) is 11.6 Å². The quantitative estimate of drug-likeness (QED) is 0.844. The van der Waals surface area contributed by atoms with Crippen LogP contribution >= 0.6 is 22.9 Å². The van der Waals surface area contributed by atoms with Crippen LogP contribution in [0, 0.1) is 0 Å². The first-order valence-electron chi connectivity index (χ1n) is 6.60. The Labute approximate surface area is 130 Å². The van der Waals surface area contributed by atoms with E-state index in [-0.39, 0.29) is 18.4 Å². The average molecular weight is 324 g/mol. The first kappa shape index (κ1) is 14.2. The third kappa shape index (κ3) is 2.69. The molecule has 7 heteroatoms. The summed E-state index contributed by atoms with van der Waals surface area (Å²) in [5.74, 6) is -0.328. The Balaban J connectivity index is 1.97. The molecule has 1 fully saturated rings. The molecule has 0 aliphatic carbocycles. The number of carbonyl (C=O) groups is 2. The van der Waals surface area contributed by atoms with Gasteiger partial charge in [0.2, 0.25) is 5.91 Å². The number of nitrogen functional groups attached to an aromatic ring is 1. The van der Waals surface area contributed by atoms with Crippen molar-refractivity contribution in [3.63, 3.8) is 0 Å². The number of benzene rings is 1. The Bertz CT molecular complexity index is 728. The molecule has 2 amide bonds. The lowest BCUT2D eigenvalue weighted by atomic mass is 10.2. The number of amides is 2. The second-order valence-corrected chi connectivity index (χ2v) is 6.40. The molecule has 0 spiro atoms. The van der Waals surface area contributed by atoms with Crippen molar-refractivity contribution in [1.29, 1.82) is 0 Å². The highest BCUT2D eigenvalue weighted by Crippen LogP contribution is 2.35. The fraction of sp³-hybridized carbons (Fsp3) is 0.286. The smallest absolute Gasteiger partial charge is 0.266 e. The minimum Gasteiger partial charge on any atom is -0.397 e. The molecule has 3 rings (SSSR count). The van der Waals surface area contributed by atoms with Gasteiger partial charge in [0.05, 0.1) is 12.2 Å². The zero-order valence-electron chi connectivity index (χ0n) is 11.2. The summed E-state index contributed by atoms with van der Waals surface area (Å²) in [5.41, 5.74) is 6.55. The minimum atomic E-state index is -0.193. The maximum absolute atomic E-state index is 12.6. The largest absolute Gasteiger partial charge is 0.397 e. The highest BCUT2D eigenvalue weighted by molar-refractivity contribution is 7.21. The van der Waals surface area contributed by atoms with E-state index in [4.69, 9.17) is 17.3 Å². The molecule has 0 saturated carbocycles. The van der Waals surface area contributed by atoms with Crippen LogP contribution in [-0.4, -0.2) is 36.3 Å². The molecule has 0 bridgehead atoms. The zero-order valence-corrected chi connectivity index (χ0v) is 12.8. The summed E-state index contributed by atoms with van der Waals surface area (Å²) in [7, 11) is 0. The number of nitrogens with two attached hydrogens (primary N) is 1. The third-order valence-corrected chi connectivity index (χ3v) is 4.82. The van der Waals surface area contributed by atoms with Crippen LogP contribution < -0.4 is 11.1 Å². The van der Waals surface area contributed by atoms with Crippen LogP contribution in [0.1, 0.15) is 16.1 Å². The minimum absolute atomic E-state index is 0.0767. The van der Waals surface area contributed by atoms with Crippen LogP contribution in [0.4, 0.5) is 5.69 Å². The van der Waals surface area contributed by atoms with Crippen molar-refractivity contribution < 1.29 is 9.59 Å². The van der Waals surface area contributed by atoms with Crippen LogP contribution in [-0.2, 0) is 4.79 Å². The van der Waals surface area contributed by atoms with E-state index in [1.54, 1.807) is 17.0 Å². The third-order valence-electron chi connectivity index (χ3n) is 3.43. The van der Waals surface area contributed by atoms with Crippen molar-refractivity contribution in [2.45, 2.75) is 6.42 Å². The molecule has 3 N–H and O–H groups in total. The molecule has 1 aliphatic heterocycles. The number of halogens is 1. The molecule has 2 aromatic rings. The van der Waals surface area contributed by atoms with E-state index < -0.39 is 0 Å². The molecule has 0 radical (unpaired) electrons. The van der Waals surface area contributed by atoms with Crippen molar-refractivity contribution in [2.75, 3.05) is 25.4 Å². The first-order valence-corrected chi connectivity index (χ1v) is 7.79.